The van der Waals surface area contributed by atoms with Crippen molar-refractivity contribution in [3.8, 4) is 5.75 Å². The number of hydrogen-bond donors (Lipinski definition) is 1. The van der Waals surface area contributed by atoms with E-state index in [1.54, 1.807) is 0 Å². The summed E-state index contributed by atoms with van der Waals surface area (Å²) in [7, 11) is 0. The fourth-order valence-electron chi connectivity index (χ4n) is 3.94. The molecule has 1 aromatic rings. The fraction of sp³-hybridized carbons (Fsp3) is 0.667. The van der Waals surface area contributed by atoms with Gasteiger partial charge in [-0.3, -0.25) is 0 Å². The molecule has 2 aliphatic rings. The SMILES string of the molecule is CCNC(Cc1cc(Cl)cc2c1OCC2)CC1CCCC1. The molecule has 21 heavy (non-hydrogen) atoms. The summed E-state index contributed by atoms with van der Waals surface area (Å²) < 4.78 is 5.85. The van der Waals surface area contributed by atoms with Crippen LogP contribution in [0.1, 0.15) is 50.2 Å². The fourth-order valence-corrected chi connectivity index (χ4v) is 4.20. The van der Waals surface area contributed by atoms with Crippen molar-refractivity contribution in [2.45, 2.75) is 57.9 Å². The van der Waals surface area contributed by atoms with Crippen LogP contribution in [-0.2, 0) is 12.8 Å². The third-order valence-corrected chi connectivity index (χ3v) is 5.10. The molecule has 0 bridgehead atoms. The second-order valence-electron chi connectivity index (χ2n) is 6.50. The van der Waals surface area contributed by atoms with Gasteiger partial charge in [-0.25, -0.2) is 0 Å². The average molecular weight is 308 g/mol. The van der Waals surface area contributed by atoms with Crippen LogP contribution in [0.2, 0.25) is 5.02 Å². The van der Waals surface area contributed by atoms with Crippen molar-refractivity contribution in [3.05, 3.63) is 28.3 Å². The Labute approximate surface area is 133 Å². The zero-order valence-corrected chi connectivity index (χ0v) is 13.7. The van der Waals surface area contributed by atoms with Gasteiger partial charge in [0.15, 0.2) is 0 Å². The highest BCUT2D eigenvalue weighted by molar-refractivity contribution is 6.30. The van der Waals surface area contributed by atoms with E-state index in [2.05, 4.69) is 24.4 Å². The Morgan fingerprint density at radius 3 is 2.90 bits per heavy atom. The van der Waals surface area contributed by atoms with E-state index in [1.807, 2.05) is 0 Å². The maximum atomic E-state index is 6.28. The Morgan fingerprint density at radius 2 is 2.14 bits per heavy atom. The molecular formula is C18H26ClNO. The number of likely N-dealkylation sites (N-methyl/N-ethyl adjacent to an activating group) is 1. The van der Waals surface area contributed by atoms with Crippen LogP contribution in [0.5, 0.6) is 5.75 Å². The van der Waals surface area contributed by atoms with Crippen molar-refractivity contribution in [1.82, 2.24) is 5.32 Å². The summed E-state index contributed by atoms with van der Waals surface area (Å²) in [6.45, 7) is 4.03. The minimum atomic E-state index is 0.546. The summed E-state index contributed by atoms with van der Waals surface area (Å²) in [6.07, 6.45) is 8.97. The highest BCUT2D eigenvalue weighted by atomic mass is 35.5. The number of rotatable bonds is 6. The van der Waals surface area contributed by atoms with Crippen LogP contribution >= 0.6 is 11.6 Å². The number of fused-ring (bicyclic) bond motifs is 1. The highest BCUT2D eigenvalue weighted by Crippen LogP contribution is 2.35. The van der Waals surface area contributed by atoms with Gasteiger partial charge < -0.3 is 10.1 Å². The first-order chi connectivity index (χ1) is 10.3. The molecule has 0 aromatic heterocycles. The molecule has 0 spiro atoms. The van der Waals surface area contributed by atoms with Gasteiger partial charge in [-0.05, 0) is 48.6 Å². The third kappa shape index (κ3) is 3.73. The van der Waals surface area contributed by atoms with Gasteiger partial charge in [-0.15, -0.1) is 0 Å². The lowest BCUT2D eigenvalue weighted by Crippen LogP contribution is -2.32. The molecule has 1 aliphatic carbocycles. The number of benzene rings is 1. The van der Waals surface area contributed by atoms with Crippen LogP contribution < -0.4 is 10.1 Å². The van der Waals surface area contributed by atoms with Crippen molar-refractivity contribution in [2.75, 3.05) is 13.2 Å². The van der Waals surface area contributed by atoms with E-state index < -0.39 is 0 Å². The third-order valence-electron chi connectivity index (χ3n) is 4.88. The van der Waals surface area contributed by atoms with Gasteiger partial charge in [0.1, 0.15) is 5.75 Å². The Morgan fingerprint density at radius 1 is 1.33 bits per heavy atom. The maximum absolute atomic E-state index is 6.28. The van der Waals surface area contributed by atoms with E-state index in [4.69, 9.17) is 16.3 Å². The summed E-state index contributed by atoms with van der Waals surface area (Å²) in [5, 5.41) is 4.52. The zero-order valence-electron chi connectivity index (χ0n) is 13.0. The smallest absolute Gasteiger partial charge is 0.125 e. The van der Waals surface area contributed by atoms with E-state index in [0.717, 1.165) is 42.7 Å². The summed E-state index contributed by atoms with van der Waals surface area (Å²) in [4.78, 5) is 0. The van der Waals surface area contributed by atoms with Crippen LogP contribution in [-0.4, -0.2) is 19.2 Å². The quantitative estimate of drug-likeness (QED) is 0.842. The Hall–Kier alpha value is -0.730. The first kappa shape index (κ1) is 15.2. The molecule has 1 fully saturated rings. The molecule has 0 saturated heterocycles. The molecule has 1 aromatic carbocycles. The minimum absolute atomic E-state index is 0.546. The molecule has 3 heteroatoms. The van der Waals surface area contributed by atoms with Crippen molar-refractivity contribution >= 4 is 11.6 Å². The lowest BCUT2D eigenvalue weighted by molar-refractivity contribution is 0.346. The van der Waals surface area contributed by atoms with Crippen molar-refractivity contribution in [1.29, 1.82) is 0 Å². The summed E-state index contributed by atoms with van der Waals surface area (Å²) in [5.41, 5.74) is 2.58. The first-order valence-corrected chi connectivity index (χ1v) is 8.81. The van der Waals surface area contributed by atoms with Gasteiger partial charge in [0, 0.05) is 17.5 Å². The van der Waals surface area contributed by atoms with Gasteiger partial charge in [0.2, 0.25) is 0 Å². The van der Waals surface area contributed by atoms with Crippen molar-refractivity contribution < 1.29 is 4.74 Å². The maximum Gasteiger partial charge on any atom is 0.125 e. The topological polar surface area (TPSA) is 21.3 Å². The molecule has 0 radical (unpaired) electrons. The summed E-state index contributed by atoms with van der Waals surface area (Å²) >= 11 is 6.28. The molecule has 1 aliphatic heterocycles. The predicted molar refractivity (Wildman–Crippen MR) is 88.4 cm³/mol. The normalized spacial score (nSPS) is 19.5. The van der Waals surface area contributed by atoms with Crippen LogP contribution in [0.15, 0.2) is 12.1 Å². The second kappa shape index (κ2) is 7.02. The van der Waals surface area contributed by atoms with E-state index >= 15 is 0 Å². The lowest BCUT2D eigenvalue weighted by Gasteiger charge is -2.22. The average Bonchev–Trinajstić information content (AvgIpc) is 3.09. The first-order valence-electron chi connectivity index (χ1n) is 8.43. The monoisotopic (exact) mass is 307 g/mol. The van der Waals surface area contributed by atoms with E-state index in [9.17, 15) is 0 Å². The molecule has 1 saturated carbocycles. The summed E-state index contributed by atoms with van der Waals surface area (Å²) in [5.74, 6) is 2.01. The van der Waals surface area contributed by atoms with E-state index in [0.29, 0.717) is 6.04 Å². The van der Waals surface area contributed by atoms with Crippen LogP contribution in [0.25, 0.3) is 0 Å². The number of hydrogen-bond acceptors (Lipinski definition) is 2. The van der Waals surface area contributed by atoms with Crippen molar-refractivity contribution in [2.24, 2.45) is 5.92 Å². The number of halogens is 1. The molecule has 1 unspecified atom stereocenters. The Bertz CT molecular complexity index is 482. The van der Waals surface area contributed by atoms with E-state index in [1.165, 1.54) is 43.2 Å². The second-order valence-corrected chi connectivity index (χ2v) is 6.93. The zero-order chi connectivity index (χ0) is 14.7. The molecule has 116 valence electrons. The van der Waals surface area contributed by atoms with Crippen LogP contribution in [0.3, 0.4) is 0 Å². The molecule has 0 amide bonds. The largest absolute Gasteiger partial charge is 0.493 e. The standard InChI is InChI=1S/C18H26ClNO/c1-2-20-17(9-13-5-3-4-6-13)12-15-11-16(19)10-14-7-8-21-18(14)15/h10-11,13,17,20H,2-9,12H2,1H3. The molecule has 1 N–H and O–H groups in total. The highest BCUT2D eigenvalue weighted by Gasteiger charge is 2.23. The minimum Gasteiger partial charge on any atom is -0.493 e. The van der Waals surface area contributed by atoms with Crippen molar-refractivity contribution in [3.63, 3.8) is 0 Å². The molecule has 1 atom stereocenters. The molecular weight excluding hydrogens is 282 g/mol. The molecule has 2 nitrogen and oxygen atoms in total. The van der Waals surface area contributed by atoms with Gasteiger partial charge in [-0.1, -0.05) is 44.2 Å². The van der Waals surface area contributed by atoms with E-state index in [-0.39, 0.29) is 0 Å². The van der Waals surface area contributed by atoms with Gasteiger partial charge in [0.25, 0.3) is 0 Å². The number of nitrogens with one attached hydrogen (secondary N) is 1. The van der Waals surface area contributed by atoms with Gasteiger partial charge in [-0.2, -0.15) is 0 Å². The lowest BCUT2D eigenvalue weighted by atomic mass is 9.93. The summed E-state index contributed by atoms with van der Waals surface area (Å²) in [6, 6.07) is 4.71. The molecule has 3 rings (SSSR count). The van der Waals surface area contributed by atoms with Gasteiger partial charge >= 0.3 is 0 Å². The number of ether oxygens (including phenoxy) is 1. The van der Waals surface area contributed by atoms with Gasteiger partial charge in [0.05, 0.1) is 6.61 Å². The Kier molecular flexibility index (Phi) is 5.07. The predicted octanol–water partition coefficient (Wildman–Crippen LogP) is 4.38. The Balaban J connectivity index is 1.72. The molecule has 1 heterocycles. The van der Waals surface area contributed by atoms with Crippen LogP contribution in [0, 0.1) is 5.92 Å². The van der Waals surface area contributed by atoms with Crippen LogP contribution in [0.4, 0.5) is 0 Å².